The van der Waals surface area contributed by atoms with Crippen LogP contribution in [0.4, 0.5) is 5.95 Å². The van der Waals surface area contributed by atoms with Gasteiger partial charge in [0.25, 0.3) is 5.91 Å². The Labute approximate surface area is 184 Å². The van der Waals surface area contributed by atoms with E-state index in [0.29, 0.717) is 30.2 Å². The second-order valence-corrected chi connectivity index (χ2v) is 9.09. The van der Waals surface area contributed by atoms with E-state index in [1.165, 1.54) is 0 Å². The summed E-state index contributed by atoms with van der Waals surface area (Å²) >= 11 is 0. The van der Waals surface area contributed by atoms with E-state index in [-0.39, 0.29) is 17.9 Å². The average Bonchev–Trinajstić information content (AvgIpc) is 3.28. The minimum atomic E-state index is -0.461. The number of nitrogens with one attached hydrogen (secondary N) is 2. The molecule has 31 heavy (non-hydrogen) atoms. The zero-order valence-electron chi connectivity index (χ0n) is 18.9. The van der Waals surface area contributed by atoms with E-state index in [1.54, 1.807) is 6.20 Å². The normalized spacial score (nSPS) is 14.9. The summed E-state index contributed by atoms with van der Waals surface area (Å²) in [5.74, 6) is 0.425. The molecule has 0 spiro atoms. The molecule has 166 valence electrons. The van der Waals surface area contributed by atoms with Crippen LogP contribution in [0.3, 0.4) is 0 Å². The number of carbonyl (C=O) groups excluding carboxylic acids is 2. The predicted molar refractivity (Wildman–Crippen MR) is 122 cm³/mol. The van der Waals surface area contributed by atoms with Crippen LogP contribution in [0.15, 0.2) is 36.5 Å². The van der Waals surface area contributed by atoms with Gasteiger partial charge >= 0.3 is 0 Å². The average molecular weight is 424 g/mol. The van der Waals surface area contributed by atoms with Crippen LogP contribution in [0, 0.1) is 5.41 Å². The molecule has 2 N–H and O–H groups in total. The number of nitrogens with zero attached hydrogens (tertiary/aromatic N) is 3. The van der Waals surface area contributed by atoms with Crippen LogP contribution in [0.25, 0.3) is 0 Å². The van der Waals surface area contributed by atoms with Crippen molar-refractivity contribution < 1.29 is 9.59 Å². The maximum Gasteiger partial charge on any atom is 0.257 e. The second-order valence-electron chi connectivity index (χ2n) is 9.09. The SMILES string of the molecule is C[C@@H](Nc1ncc(C(=O)N2CCCC2)c(CCNC(=O)C(C)(C)C)n1)c1ccccc1. The fourth-order valence-electron chi connectivity index (χ4n) is 3.52. The number of hydrogen-bond donors (Lipinski definition) is 2. The molecule has 1 saturated heterocycles. The first-order valence-electron chi connectivity index (χ1n) is 11.0. The highest BCUT2D eigenvalue weighted by Gasteiger charge is 2.24. The van der Waals surface area contributed by atoms with Crippen LogP contribution in [0.5, 0.6) is 0 Å². The third-order valence-corrected chi connectivity index (χ3v) is 5.47. The Bertz CT molecular complexity index is 902. The fraction of sp³-hybridized carbons (Fsp3) is 0.500. The molecule has 2 heterocycles. The van der Waals surface area contributed by atoms with E-state index >= 15 is 0 Å². The second kappa shape index (κ2) is 9.90. The summed E-state index contributed by atoms with van der Waals surface area (Å²) in [5, 5.41) is 6.27. The van der Waals surface area contributed by atoms with Gasteiger partial charge in [0.1, 0.15) is 0 Å². The summed E-state index contributed by atoms with van der Waals surface area (Å²) in [4.78, 5) is 36.2. The maximum atomic E-state index is 13.0. The molecular formula is C24H33N5O2. The van der Waals surface area contributed by atoms with E-state index in [0.717, 1.165) is 31.5 Å². The molecule has 1 fully saturated rings. The van der Waals surface area contributed by atoms with Gasteiger partial charge in [0.15, 0.2) is 0 Å². The number of aromatic nitrogens is 2. The minimum absolute atomic E-state index is 0.0229. The number of rotatable bonds is 7. The molecule has 1 aliphatic heterocycles. The summed E-state index contributed by atoms with van der Waals surface area (Å²) in [5.41, 5.74) is 1.84. The molecule has 1 aliphatic rings. The van der Waals surface area contributed by atoms with Crippen molar-refractivity contribution in [2.75, 3.05) is 25.0 Å². The summed E-state index contributed by atoms with van der Waals surface area (Å²) in [6, 6.07) is 10.1. The molecule has 7 heteroatoms. The van der Waals surface area contributed by atoms with Gasteiger partial charge in [-0.1, -0.05) is 51.1 Å². The van der Waals surface area contributed by atoms with Crippen LogP contribution >= 0.6 is 0 Å². The lowest BCUT2D eigenvalue weighted by Crippen LogP contribution is -2.36. The number of hydrogen-bond acceptors (Lipinski definition) is 5. The molecule has 0 unspecified atom stereocenters. The van der Waals surface area contributed by atoms with Gasteiger partial charge in [-0.15, -0.1) is 0 Å². The van der Waals surface area contributed by atoms with E-state index in [2.05, 4.69) is 20.6 Å². The van der Waals surface area contributed by atoms with Crippen LogP contribution in [-0.4, -0.2) is 46.3 Å². The van der Waals surface area contributed by atoms with Gasteiger partial charge in [-0.05, 0) is 25.3 Å². The highest BCUT2D eigenvalue weighted by Crippen LogP contribution is 2.20. The molecule has 3 rings (SSSR count). The Morgan fingerprint density at radius 3 is 2.45 bits per heavy atom. The number of benzene rings is 1. The third-order valence-electron chi connectivity index (χ3n) is 5.47. The predicted octanol–water partition coefficient (Wildman–Crippen LogP) is 3.59. The smallest absolute Gasteiger partial charge is 0.257 e. The fourth-order valence-corrected chi connectivity index (χ4v) is 3.52. The van der Waals surface area contributed by atoms with E-state index in [1.807, 2.05) is 62.9 Å². The monoisotopic (exact) mass is 423 g/mol. The van der Waals surface area contributed by atoms with Crippen LogP contribution in [0.2, 0.25) is 0 Å². The Hall–Kier alpha value is -2.96. The Morgan fingerprint density at radius 2 is 1.81 bits per heavy atom. The number of likely N-dealkylation sites (tertiary alicyclic amines) is 1. The molecule has 1 aromatic carbocycles. The van der Waals surface area contributed by atoms with Gasteiger partial charge < -0.3 is 15.5 Å². The van der Waals surface area contributed by atoms with Gasteiger partial charge in [0.05, 0.1) is 17.3 Å². The molecule has 0 saturated carbocycles. The lowest BCUT2D eigenvalue weighted by Gasteiger charge is -2.20. The Morgan fingerprint density at radius 1 is 1.13 bits per heavy atom. The Balaban J connectivity index is 1.78. The minimum Gasteiger partial charge on any atom is -0.355 e. The van der Waals surface area contributed by atoms with E-state index in [4.69, 9.17) is 0 Å². The van der Waals surface area contributed by atoms with Crippen molar-refractivity contribution in [2.24, 2.45) is 5.41 Å². The molecule has 0 aliphatic carbocycles. The lowest BCUT2D eigenvalue weighted by molar-refractivity contribution is -0.128. The Kier molecular flexibility index (Phi) is 7.25. The van der Waals surface area contributed by atoms with Crippen molar-refractivity contribution in [1.29, 1.82) is 0 Å². The van der Waals surface area contributed by atoms with Gasteiger partial charge in [-0.3, -0.25) is 9.59 Å². The zero-order valence-corrected chi connectivity index (χ0v) is 18.9. The van der Waals surface area contributed by atoms with Crippen molar-refractivity contribution in [2.45, 2.75) is 53.0 Å². The standard InChI is InChI=1S/C24H33N5O2/c1-17(18-10-6-5-7-11-18)27-23-26-16-19(21(30)29-14-8-9-15-29)20(28-23)12-13-25-22(31)24(2,3)4/h5-7,10-11,16-17H,8-9,12-15H2,1-4H3,(H,25,31)(H,26,27,28)/t17-/m1/s1. The first-order chi connectivity index (χ1) is 14.8. The first-order valence-corrected chi connectivity index (χ1v) is 11.0. The van der Waals surface area contributed by atoms with Crippen molar-refractivity contribution in [1.82, 2.24) is 20.2 Å². The quantitative estimate of drug-likeness (QED) is 0.711. The highest BCUT2D eigenvalue weighted by molar-refractivity contribution is 5.95. The lowest BCUT2D eigenvalue weighted by atomic mass is 9.95. The van der Waals surface area contributed by atoms with Gasteiger partial charge in [0, 0.05) is 37.7 Å². The van der Waals surface area contributed by atoms with Crippen molar-refractivity contribution in [3.05, 3.63) is 53.3 Å². The van der Waals surface area contributed by atoms with Crippen molar-refractivity contribution in [3.63, 3.8) is 0 Å². The van der Waals surface area contributed by atoms with Crippen LogP contribution in [0.1, 0.15) is 68.2 Å². The summed E-state index contributed by atoms with van der Waals surface area (Å²) in [6.45, 7) is 9.63. The topological polar surface area (TPSA) is 87.2 Å². The maximum absolute atomic E-state index is 13.0. The van der Waals surface area contributed by atoms with Crippen molar-refractivity contribution in [3.8, 4) is 0 Å². The van der Waals surface area contributed by atoms with Gasteiger partial charge in [-0.2, -0.15) is 0 Å². The van der Waals surface area contributed by atoms with Crippen LogP contribution in [-0.2, 0) is 11.2 Å². The van der Waals surface area contributed by atoms with Gasteiger partial charge in [0.2, 0.25) is 11.9 Å². The van der Waals surface area contributed by atoms with Gasteiger partial charge in [-0.25, -0.2) is 9.97 Å². The molecular weight excluding hydrogens is 390 g/mol. The molecule has 0 radical (unpaired) electrons. The summed E-state index contributed by atoms with van der Waals surface area (Å²) in [6.07, 6.45) is 4.14. The molecule has 0 bridgehead atoms. The first kappa shape index (κ1) is 22.7. The molecule has 1 aromatic heterocycles. The number of anilines is 1. The zero-order chi connectivity index (χ0) is 22.4. The largest absolute Gasteiger partial charge is 0.355 e. The third kappa shape index (κ3) is 6.03. The number of carbonyl (C=O) groups is 2. The molecule has 2 aromatic rings. The highest BCUT2D eigenvalue weighted by atomic mass is 16.2. The van der Waals surface area contributed by atoms with Crippen LogP contribution < -0.4 is 10.6 Å². The number of amides is 2. The van der Waals surface area contributed by atoms with Crippen molar-refractivity contribution >= 4 is 17.8 Å². The summed E-state index contributed by atoms with van der Waals surface area (Å²) < 4.78 is 0. The molecule has 1 atom stereocenters. The summed E-state index contributed by atoms with van der Waals surface area (Å²) in [7, 11) is 0. The molecule has 2 amide bonds. The van der Waals surface area contributed by atoms with E-state index < -0.39 is 5.41 Å². The van der Waals surface area contributed by atoms with E-state index in [9.17, 15) is 9.59 Å². The molecule has 7 nitrogen and oxygen atoms in total.